The second kappa shape index (κ2) is 5.17. The van der Waals surface area contributed by atoms with E-state index < -0.39 is 0 Å². The quantitative estimate of drug-likeness (QED) is 0.872. The third-order valence-corrected chi connectivity index (χ3v) is 3.10. The molecule has 3 nitrogen and oxygen atoms in total. The summed E-state index contributed by atoms with van der Waals surface area (Å²) in [5, 5.41) is 0. The molecule has 4 heteroatoms. The Morgan fingerprint density at radius 1 is 1.59 bits per heavy atom. The fourth-order valence-corrected chi connectivity index (χ4v) is 2.18. The molecule has 1 aromatic carbocycles. The van der Waals surface area contributed by atoms with E-state index in [-0.39, 0.29) is 17.9 Å². The molecule has 92 valence electrons. The van der Waals surface area contributed by atoms with Gasteiger partial charge in [-0.1, -0.05) is 19.1 Å². The largest absolute Gasteiger partial charge is 0.463 e. The van der Waals surface area contributed by atoms with Crippen LogP contribution >= 0.6 is 0 Å². The van der Waals surface area contributed by atoms with Crippen molar-refractivity contribution in [2.24, 2.45) is 10.7 Å². The molecule has 1 heterocycles. The first-order chi connectivity index (χ1) is 8.19. The van der Waals surface area contributed by atoms with Crippen LogP contribution in [-0.2, 0) is 4.74 Å². The Kier molecular flexibility index (Phi) is 3.61. The summed E-state index contributed by atoms with van der Waals surface area (Å²) < 4.78 is 18.3. The van der Waals surface area contributed by atoms with Crippen molar-refractivity contribution in [3.8, 4) is 0 Å². The number of nitrogens with zero attached hydrogens (tertiary/aromatic N) is 1. The van der Waals surface area contributed by atoms with Crippen molar-refractivity contribution < 1.29 is 9.13 Å². The molecular weight excluding hydrogens is 219 g/mol. The minimum absolute atomic E-state index is 0.100. The fraction of sp³-hybridized carbons (Fsp3) is 0.462. The highest BCUT2D eigenvalue weighted by molar-refractivity contribution is 5.73. The van der Waals surface area contributed by atoms with Crippen molar-refractivity contribution >= 4 is 6.02 Å². The maximum atomic E-state index is 13.2. The van der Waals surface area contributed by atoms with Gasteiger partial charge < -0.3 is 10.5 Å². The molecule has 2 rings (SSSR count). The molecule has 0 bridgehead atoms. The van der Waals surface area contributed by atoms with Gasteiger partial charge in [-0.15, -0.1) is 0 Å². The van der Waals surface area contributed by atoms with Crippen LogP contribution in [0.5, 0.6) is 0 Å². The van der Waals surface area contributed by atoms with Crippen LogP contribution in [0.2, 0.25) is 0 Å². The first kappa shape index (κ1) is 11.9. The normalized spacial score (nSPS) is 20.8. The molecule has 17 heavy (non-hydrogen) atoms. The number of aliphatic imine (C=N–C) groups is 1. The van der Waals surface area contributed by atoms with Crippen molar-refractivity contribution in [2.75, 3.05) is 6.61 Å². The number of hydrogen-bond acceptors (Lipinski definition) is 3. The second-order valence-electron chi connectivity index (χ2n) is 4.33. The highest BCUT2D eigenvalue weighted by Crippen LogP contribution is 2.27. The third-order valence-electron chi connectivity index (χ3n) is 3.10. The van der Waals surface area contributed by atoms with Gasteiger partial charge in [0.05, 0.1) is 6.04 Å². The lowest BCUT2D eigenvalue weighted by Gasteiger charge is -2.17. The topological polar surface area (TPSA) is 47.6 Å². The number of benzene rings is 1. The second-order valence-corrected chi connectivity index (χ2v) is 4.33. The van der Waals surface area contributed by atoms with Gasteiger partial charge in [0.1, 0.15) is 12.4 Å². The van der Waals surface area contributed by atoms with E-state index in [0.29, 0.717) is 12.5 Å². The summed E-state index contributed by atoms with van der Waals surface area (Å²) in [6.45, 7) is 2.64. The van der Waals surface area contributed by atoms with Gasteiger partial charge in [0.25, 0.3) is 6.02 Å². The van der Waals surface area contributed by atoms with Crippen molar-refractivity contribution in [3.05, 3.63) is 35.6 Å². The number of nitrogens with two attached hydrogens (primary N) is 1. The Hall–Kier alpha value is -1.58. The molecule has 0 fully saturated rings. The average molecular weight is 236 g/mol. The van der Waals surface area contributed by atoms with Crippen LogP contribution < -0.4 is 5.73 Å². The van der Waals surface area contributed by atoms with Gasteiger partial charge in [0.2, 0.25) is 0 Å². The number of hydrogen-bond donors (Lipinski definition) is 1. The summed E-state index contributed by atoms with van der Waals surface area (Å²) in [4.78, 5) is 4.20. The monoisotopic (exact) mass is 236 g/mol. The SMILES string of the molecule is CCC(C[C@H]1COC(N)=N1)c1cccc(F)c1. The minimum atomic E-state index is -0.188. The van der Waals surface area contributed by atoms with Crippen LogP contribution in [0.15, 0.2) is 29.3 Å². The number of rotatable bonds is 4. The highest BCUT2D eigenvalue weighted by Gasteiger charge is 2.21. The first-order valence-electron chi connectivity index (χ1n) is 5.90. The molecule has 1 aliphatic heterocycles. The zero-order valence-corrected chi connectivity index (χ0v) is 9.90. The molecule has 2 atom stereocenters. The van der Waals surface area contributed by atoms with Gasteiger partial charge in [-0.3, -0.25) is 0 Å². The third kappa shape index (κ3) is 2.96. The van der Waals surface area contributed by atoms with Gasteiger partial charge in [-0.25, -0.2) is 9.38 Å². The van der Waals surface area contributed by atoms with Crippen LogP contribution in [0.3, 0.4) is 0 Å². The maximum absolute atomic E-state index is 13.2. The van der Waals surface area contributed by atoms with Crippen molar-refractivity contribution in [2.45, 2.75) is 31.7 Å². The molecule has 0 aliphatic carbocycles. The molecule has 0 amide bonds. The predicted octanol–water partition coefficient (Wildman–Crippen LogP) is 2.42. The molecule has 0 spiro atoms. The lowest BCUT2D eigenvalue weighted by atomic mass is 9.90. The summed E-state index contributed by atoms with van der Waals surface area (Å²) in [5.74, 6) is 0.112. The van der Waals surface area contributed by atoms with Crippen molar-refractivity contribution in [3.63, 3.8) is 0 Å². The Bertz CT molecular complexity index is 420. The van der Waals surface area contributed by atoms with Crippen LogP contribution in [-0.4, -0.2) is 18.7 Å². The van der Waals surface area contributed by atoms with Crippen LogP contribution in [0.1, 0.15) is 31.2 Å². The van der Waals surface area contributed by atoms with Gasteiger partial charge in [0, 0.05) is 0 Å². The van der Waals surface area contributed by atoms with E-state index in [0.717, 1.165) is 18.4 Å². The van der Waals surface area contributed by atoms with E-state index in [1.54, 1.807) is 12.1 Å². The van der Waals surface area contributed by atoms with Crippen molar-refractivity contribution in [1.82, 2.24) is 0 Å². The zero-order valence-electron chi connectivity index (χ0n) is 9.90. The molecule has 1 aliphatic rings. The zero-order chi connectivity index (χ0) is 12.3. The summed E-state index contributed by atoms with van der Waals surface area (Å²) in [5.41, 5.74) is 6.49. The molecule has 0 radical (unpaired) electrons. The Morgan fingerprint density at radius 3 is 3.00 bits per heavy atom. The highest BCUT2D eigenvalue weighted by atomic mass is 19.1. The van der Waals surface area contributed by atoms with E-state index in [4.69, 9.17) is 10.5 Å². The van der Waals surface area contributed by atoms with Gasteiger partial charge in [0.15, 0.2) is 0 Å². The molecule has 1 aromatic rings. The Labute approximate surface area is 100 Å². The van der Waals surface area contributed by atoms with E-state index in [9.17, 15) is 4.39 Å². The van der Waals surface area contributed by atoms with Gasteiger partial charge in [-0.05, 0) is 36.5 Å². The van der Waals surface area contributed by atoms with Crippen LogP contribution in [0, 0.1) is 5.82 Å². The van der Waals surface area contributed by atoms with Crippen molar-refractivity contribution in [1.29, 1.82) is 0 Å². The molecule has 0 aromatic heterocycles. The minimum Gasteiger partial charge on any atom is -0.463 e. The average Bonchev–Trinajstić information content (AvgIpc) is 2.72. The summed E-state index contributed by atoms with van der Waals surface area (Å²) in [6, 6.07) is 7.13. The standard InChI is InChI=1S/C13H17FN2O/c1-2-9(7-12-8-17-13(15)16-12)10-4-3-5-11(14)6-10/h3-6,9,12H,2,7-8H2,1H3,(H2,15,16)/t9?,12-/m0/s1. The predicted molar refractivity (Wildman–Crippen MR) is 65.4 cm³/mol. The van der Waals surface area contributed by atoms with E-state index in [2.05, 4.69) is 11.9 Å². The number of halogens is 1. The Balaban J connectivity index is 2.06. The molecular formula is C13H17FN2O. The summed E-state index contributed by atoms with van der Waals surface area (Å²) in [6.07, 6.45) is 1.80. The Morgan fingerprint density at radius 2 is 2.41 bits per heavy atom. The smallest absolute Gasteiger partial charge is 0.282 e. The lowest BCUT2D eigenvalue weighted by molar-refractivity contribution is 0.301. The van der Waals surface area contributed by atoms with Crippen LogP contribution in [0.25, 0.3) is 0 Å². The number of amidine groups is 1. The first-order valence-corrected chi connectivity index (χ1v) is 5.90. The fourth-order valence-electron chi connectivity index (χ4n) is 2.18. The molecule has 0 saturated heterocycles. The molecule has 0 saturated carbocycles. The van der Waals surface area contributed by atoms with Gasteiger partial charge in [-0.2, -0.15) is 0 Å². The van der Waals surface area contributed by atoms with Crippen LogP contribution in [0.4, 0.5) is 4.39 Å². The molecule has 1 unspecified atom stereocenters. The van der Waals surface area contributed by atoms with E-state index in [1.165, 1.54) is 6.07 Å². The van der Waals surface area contributed by atoms with E-state index >= 15 is 0 Å². The summed E-state index contributed by atoms with van der Waals surface area (Å²) in [7, 11) is 0. The lowest BCUT2D eigenvalue weighted by Crippen LogP contribution is -2.12. The van der Waals surface area contributed by atoms with E-state index in [1.807, 2.05) is 6.07 Å². The number of ether oxygens (including phenoxy) is 1. The molecule has 2 N–H and O–H groups in total. The maximum Gasteiger partial charge on any atom is 0.282 e. The summed E-state index contributed by atoms with van der Waals surface area (Å²) >= 11 is 0. The van der Waals surface area contributed by atoms with Gasteiger partial charge >= 0.3 is 0 Å².